The number of anilines is 1. The first-order chi connectivity index (χ1) is 8.90. The van der Waals surface area contributed by atoms with Gasteiger partial charge in [-0.1, -0.05) is 24.6 Å². The van der Waals surface area contributed by atoms with Gasteiger partial charge in [-0.15, -0.1) is 0 Å². The second-order valence-electron chi connectivity index (χ2n) is 4.16. The van der Waals surface area contributed by atoms with Crippen molar-refractivity contribution in [3.05, 3.63) is 28.3 Å². The van der Waals surface area contributed by atoms with Crippen LogP contribution in [0, 0.1) is 6.92 Å². The minimum atomic E-state index is -0.517. The number of hydrogen-bond acceptors (Lipinski definition) is 1. The summed E-state index contributed by atoms with van der Waals surface area (Å²) in [7, 11) is 0. The zero-order chi connectivity index (χ0) is 14.6. The first kappa shape index (κ1) is 15.3. The third-order valence-electron chi connectivity index (χ3n) is 2.76. The van der Waals surface area contributed by atoms with Crippen LogP contribution in [0.15, 0.2) is 17.1 Å². The van der Waals surface area contributed by atoms with Crippen LogP contribution in [0.4, 0.5) is 10.5 Å². The lowest BCUT2D eigenvalue weighted by Crippen LogP contribution is -2.33. The molecule has 0 aromatic heterocycles. The molecule has 0 fully saturated rings. The summed E-state index contributed by atoms with van der Waals surface area (Å²) in [6, 6.07) is 3.35. The lowest BCUT2D eigenvalue weighted by molar-refractivity contribution is 0.254. The van der Waals surface area contributed by atoms with Crippen molar-refractivity contribution in [2.24, 2.45) is 16.5 Å². The van der Waals surface area contributed by atoms with Crippen LogP contribution in [-0.2, 0) is 6.42 Å². The van der Waals surface area contributed by atoms with Gasteiger partial charge in [0.1, 0.15) is 0 Å². The SMILES string of the molecule is CCc1cc(C)c(N(CC)C(=O)N=C(N)N)c(Cl)c1. The highest BCUT2D eigenvalue weighted by Gasteiger charge is 2.19. The highest BCUT2D eigenvalue weighted by atomic mass is 35.5. The number of halogens is 1. The van der Waals surface area contributed by atoms with E-state index in [1.807, 2.05) is 32.9 Å². The Kier molecular flexibility index (Phi) is 5.18. The van der Waals surface area contributed by atoms with Gasteiger partial charge in [-0.25, -0.2) is 4.79 Å². The van der Waals surface area contributed by atoms with Gasteiger partial charge < -0.3 is 11.5 Å². The van der Waals surface area contributed by atoms with Crippen molar-refractivity contribution in [2.45, 2.75) is 27.2 Å². The topological polar surface area (TPSA) is 84.7 Å². The average molecular weight is 283 g/mol. The van der Waals surface area contributed by atoms with E-state index in [0.717, 1.165) is 17.5 Å². The van der Waals surface area contributed by atoms with Gasteiger partial charge >= 0.3 is 6.03 Å². The van der Waals surface area contributed by atoms with Crippen LogP contribution >= 0.6 is 11.6 Å². The zero-order valence-corrected chi connectivity index (χ0v) is 12.2. The maximum absolute atomic E-state index is 12.0. The Morgan fingerprint density at radius 3 is 2.42 bits per heavy atom. The van der Waals surface area contributed by atoms with Crippen LogP contribution in [0.3, 0.4) is 0 Å². The van der Waals surface area contributed by atoms with Crippen LogP contribution < -0.4 is 16.4 Å². The van der Waals surface area contributed by atoms with Gasteiger partial charge in [-0.05, 0) is 37.5 Å². The van der Waals surface area contributed by atoms with Crippen molar-refractivity contribution in [3.8, 4) is 0 Å². The number of guanidine groups is 1. The molecule has 0 radical (unpaired) electrons. The summed E-state index contributed by atoms with van der Waals surface area (Å²) < 4.78 is 0. The Bertz CT molecular complexity index is 486. The number of rotatable bonds is 3. The molecule has 1 aromatic carbocycles. The minimum absolute atomic E-state index is 0.262. The number of nitrogens with zero attached hydrogens (tertiary/aromatic N) is 2. The number of urea groups is 1. The van der Waals surface area contributed by atoms with E-state index in [2.05, 4.69) is 4.99 Å². The van der Waals surface area contributed by atoms with Gasteiger partial charge in [-0.2, -0.15) is 4.99 Å². The van der Waals surface area contributed by atoms with Crippen LogP contribution in [0.2, 0.25) is 5.02 Å². The van der Waals surface area contributed by atoms with Gasteiger partial charge in [0.05, 0.1) is 10.7 Å². The van der Waals surface area contributed by atoms with Crippen molar-refractivity contribution in [2.75, 3.05) is 11.4 Å². The highest BCUT2D eigenvalue weighted by molar-refractivity contribution is 6.34. The van der Waals surface area contributed by atoms with E-state index in [1.54, 1.807) is 0 Å². The van der Waals surface area contributed by atoms with E-state index >= 15 is 0 Å². The Labute approximate surface area is 118 Å². The summed E-state index contributed by atoms with van der Waals surface area (Å²) in [5.74, 6) is -0.262. The molecule has 0 aliphatic rings. The van der Waals surface area contributed by atoms with Gasteiger partial charge in [-0.3, -0.25) is 4.90 Å². The number of aryl methyl sites for hydroxylation is 2. The van der Waals surface area contributed by atoms with Crippen molar-refractivity contribution < 1.29 is 4.79 Å². The number of nitrogens with two attached hydrogens (primary N) is 2. The number of benzene rings is 1. The van der Waals surface area contributed by atoms with E-state index in [-0.39, 0.29) is 5.96 Å². The third kappa shape index (κ3) is 3.61. The average Bonchev–Trinajstić information content (AvgIpc) is 2.32. The molecule has 0 spiro atoms. The maximum Gasteiger partial charge on any atom is 0.351 e. The van der Waals surface area contributed by atoms with Crippen LogP contribution in [0.25, 0.3) is 0 Å². The summed E-state index contributed by atoms with van der Waals surface area (Å²) in [5, 5.41) is 0.526. The molecule has 0 aliphatic carbocycles. The van der Waals surface area contributed by atoms with E-state index < -0.39 is 6.03 Å². The molecule has 0 saturated heterocycles. The molecule has 0 unspecified atom stereocenters. The molecule has 19 heavy (non-hydrogen) atoms. The van der Waals surface area contributed by atoms with E-state index in [1.165, 1.54) is 4.90 Å². The van der Waals surface area contributed by atoms with Gasteiger partial charge in [0, 0.05) is 6.54 Å². The monoisotopic (exact) mass is 282 g/mol. The number of carbonyl (C=O) groups is 1. The molecule has 0 atom stereocenters. The van der Waals surface area contributed by atoms with Gasteiger partial charge in [0.15, 0.2) is 5.96 Å². The molecule has 4 N–H and O–H groups in total. The van der Waals surface area contributed by atoms with Gasteiger partial charge in [0.2, 0.25) is 0 Å². The van der Waals surface area contributed by atoms with Crippen LogP contribution in [-0.4, -0.2) is 18.5 Å². The number of aliphatic imine (C=N–C) groups is 1. The number of carbonyl (C=O) groups excluding carboxylic acids is 1. The largest absolute Gasteiger partial charge is 0.370 e. The maximum atomic E-state index is 12.0. The molecule has 1 aromatic rings. The Morgan fingerprint density at radius 2 is 2.00 bits per heavy atom. The smallest absolute Gasteiger partial charge is 0.351 e. The van der Waals surface area contributed by atoms with Gasteiger partial charge in [0.25, 0.3) is 0 Å². The molecular formula is C13H19ClN4O. The predicted octanol–water partition coefficient (Wildman–Crippen LogP) is 2.43. The van der Waals surface area contributed by atoms with Crippen molar-refractivity contribution in [1.82, 2.24) is 0 Å². The molecule has 0 saturated carbocycles. The quantitative estimate of drug-likeness (QED) is 0.659. The lowest BCUT2D eigenvalue weighted by atomic mass is 10.1. The zero-order valence-electron chi connectivity index (χ0n) is 11.4. The summed E-state index contributed by atoms with van der Waals surface area (Å²) in [5.41, 5.74) is 13.2. The number of hydrogen-bond donors (Lipinski definition) is 2. The third-order valence-corrected chi connectivity index (χ3v) is 3.05. The fourth-order valence-electron chi connectivity index (χ4n) is 1.91. The first-order valence-corrected chi connectivity index (χ1v) is 6.48. The second-order valence-corrected chi connectivity index (χ2v) is 4.57. The summed E-state index contributed by atoms with van der Waals surface area (Å²) >= 11 is 6.26. The summed E-state index contributed by atoms with van der Waals surface area (Å²) in [6.45, 7) is 6.23. The molecule has 1 rings (SSSR count). The van der Waals surface area contributed by atoms with Crippen LogP contribution in [0.5, 0.6) is 0 Å². The van der Waals surface area contributed by atoms with Crippen molar-refractivity contribution >= 4 is 29.3 Å². The molecule has 2 amide bonds. The lowest BCUT2D eigenvalue weighted by Gasteiger charge is -2.22. The predicted molar refractivity (Wildman–Crippen MR) is 79.8 cm³/mol. The van der Waals surface area contributed by atoms with Crippen molar-refractivity contribution in [3.63, 3.8) is 0 Å². The molecule has 0 bridgehead atoms. The Morgan fingerprint density at radius 1 is 1.37 bits per heavy atom. The minimum Gasteiger partial charge on any atom is -0.370 e. The summed E-state index contributed by atoms with van der Waals surface area (Å²) in [4.78, 5) is 17.0. The first-order valence-electron chi connectivity index (χ1n) is 6.10. The van der Waals surface area contributed by atoms with E-state index in [9.17, 15) is 4.79 Å². The fourth-order valence-corrected chi connectivity index (χ4v) is 2.30. The molecule has 5 nitrogen and oxygen atoms in total. The Balaban J connectivity index is 3.26. The molecule has 0 heterocycles. The fraction of sp³-hybridized carbons (Fsp3) is 0.385. The van der Waals surface area contributed by atoms with Crippen molar-refractivity contribution in [1.29, 1.82) is 0 Å². The number of amides is 2. The van der Waals surface area contributed by atoms with E-state index in [4.69, 9.17) is 23.1 Å². The molecule has 104 valence electrons. The summed E-state index contributed by atoms with van der Waals surface area (Å²) in [6.07, 6.45) is 0.884. The molecular weight excluding hydrogens is 264 g/mol. The van der Waals surface area contributed by atoms with E-state index in [0.29, 0.717) is 17.3 Å². The van der Waals surface area contributed by atoms with Crippen LogP contribution in [0.1, 0.15) is 25.0 Å². The molecule has 6 heteroatoms. The normalized spacial score (nSPS) is 10.1. The standard InChI is InChI=1S/C13H19ClN4O/c1-4-9-6-8(3)11(10(14)7-9)18(5-2)13(19)17-12(15)16/h6-7H,4-5H2,1-3H3,(H4,15,16,17,19). The highest BCUT2D eigenvalue weighted by Crippen LogP contribution is 2.31. The Hall–Kier alpha value is -1.75. The molecule has 0 aliphatic heterocycles. The second kappa shape index (κ2) is 6.43.